The van der Waals surface area contributed by atoms with Crippen molar-refractivity contribution in [1.82, 2.24) is 4.57 Å². The first kappa shape index (κ1) is 6.97. The molecular formula is C8H8N2O2. The van der Waals surface area contributed by atoms with Gasteiger partial charge in [0, 0.05) is 12.4 Å². The van der Waals surface area contributed by atoms with Crippen LogP contribution in [0, 0.1) is 0 Å². The minimum atomic E-state index is -0.414. The van der Waals surface area contributed by atoms with Crippen molar-refractivity contribution in [2.24, 2.45) is 5.73 Å². The Kier molecular flexibility index (Phi) is 1.40. The van der Waals surface area contributed by atoms with Crippen molar-refractivity contribution >= 4 is 12.1 Å². The zero-order valence-corrected chi connectivity index (χ0v) is 6.36. The van der Waals surface area contributed by atoms with Gasteiger partial charge in [-0.15, -0.1) is 0 Å². The monoisotopic (exact) mass is 164 g/mol. The van der Waals surface area contributed by atoms with Crippen molar-refractivity contribution in [3.05, 3.63) is 29.8 Å². The van der Waals surface area contributed by atoms with E-state index in [4.69, 9.17) is 10.5 Å². The molecule has 4 heteroatoms. The van der Waals surface area contributed by atoms with Crippen LogP contribution in [-0.2, 0) is 11.3 Å². The topological polar surface area (TPSA) is 57.2 Å². The summed E-state index contributed by atoms with van der Waals surface area (Å²) in [5.74, 6) is -0.414. The summed E-state index contributed by atoms with van der Waals surface area (Å²) in [5.41, 5.74) is 6.49. The number of hydrogen-bond donors (Lipinski definition) is 1. The van der Waals surface area contributed by atoms with E-state index in [1.165, 1.54) is 0 Å². The van der Waals surface area contributed by atoms with Crippen molar-refractivity contribution in [2.75, 3.05) is 0 Å². The fraction of sp³-hybridized carbons (Fsp3) is 0.125. The molecule has 0 saturated heterocycles. The van der Waals surface area contributed by atoms with Crippen molar-refractivity contribution in [2.45, 2.75) is 6.61 Å². The van der Waals surface area contributed by atoms with Crippen LogP contribution < -0.4 is 5.73 Å². The number of primary amides is 1. The first-order valence-electron chi connectivity index (χ1n) is 3.57. The fourth-order valence-corrected chi connectivity index (χ4v) is 1.23. The molecule has 1 aliphatic heterocycles. The minimum Gasteiger partial charge on any atom is -0.493 e. The minimum absolute atomic E-state index is 0.405. The van der Waals surface area contributed by atoms with Crippen LogP contribution in [0.4, 0.5) is 0 Å². The second-order valence-corrected chi connectivity index (χ2v) is 2.54. The molecule has 62 valence electrons. The van der Waals surface area contributed by atoms with E-state index < -0.39 is 5.91 Å². The molecule has 0 spiro atoms. The Morgan fingerprint density at radius 2 is 2.50 bits per heavy atom. The SMILES string of the molecule is NC(=O)c1ccn2c1COC=C2. The largest absolute Gasteiger partial charge is 0.493 e. The average molecular weight is 164 g/mol. The van der Waals surface area contributed by atoms with Gasteiger partial charge in [-0.3, -0.25) is 4.79 Å². The molecular weight excluding hydrogens is 156 g/mol. The molecule has 0 unspecified atom stereocenters. The number of hydrogen-bond acceptors (Lipinski definition) is 2. The van der Waals surface area contributed by atoms with Crippen LogP contribution >= 0.6 is 0 Å². The molecule has 2 N–H and O–H groups in total. The molecule has 0 radical (unpaired) electrons. The number of nitrogens with two attached hydrogens (primary N) is 1. The Balaban J connectivity index is 2.53. The Morgan fingerprint density at radius 3 is 3.25 bits per heavy atom. The lowest BCUT2D eigenvalue weighted by molar-refractivity contribution is 0.0996. The van der Waals surface area contributed by atoms with E-state index in [0.717, 1.165) is 5.69 Å². The van der Waals surface area contributed by atoms with E-state index in [-0.39, 0.29) is 0 Å². The predicted molar refractivity (Wildman–Crippen MR) is 43.1 cm³/mol. The Hall–Kier alpha value is -1.71. The van der Waals surface area contributed by atoms with Gasteiger partial charge in [0.25, 0.3) is 5.91 Å². The first-order valence-corrected chi connectivity index (χ1v) is 3.57. The fourth-order valence-electron chi connectivity index (χ4n) is 1.23. The van der Waals surface area contributed by atoms with Crippen LogP contribution in [0.5, 0.6) is 0 Å². The lowest BCUT2D eigenvalue weighted by atomic mass is 10.2. The summed E-state index contributed by atoms with van der Waals surface area (Å²) in [6.45, 7) is 0.405. The zero-order chi connectivity index (χ0) is 8.55. The number of carbonyl (C=O) groups excluding carboxylic acids is 1. The van der Waals surface area contributed by atoms with Crippen molar-refractivity contribution < 1.29 is 9.53 Å². The smallest absolute Gasteiger partial charge is 0.250 e. The number of amides is 1. The van der Waals surface area contributed by atoms with Crippen LogP contribution in [-0.4, -0.2) is 10.5 Å². The lowest BCUT2D eigenvalue weighted by Gasteiger charge is -2.10. The summed E-state index contributed by atoms with van der Waals surface area (Å²) < 4.78 is 6.86. The van der Waals surface area contributed by atoms with Gasteiger partial charge in [0.2, 0.25) is 0 Å². The maximum atomic E-state index is 10.9. The van der Waals surface area contributed by atoms with Gasteiger partial charge in [-0.25, -0.2) is 0 Å². The highest BCUT2D eigenvalue weighted by atomic mass is 16.5. The third-order valence-electron chi connectivity index (χ3n) is 1.83. The molecule has 0 aliphatic carbocycles. The van der Waals surface area contributed by atoms with E-state index in [1.807, 2.05) is 4.57 Å². The molecule has 2 rings (SSSR count). The standard InChI is InChI=1S/C8H8N2O2/c9-8(11)6-1-2-10-3-4-12-5-7(6)10/h1-4H,5H2,(H2,9,11). The van der Waals surface area contributed by atoms with Gasteiger partial charge >= 0.3 is 0 Å². The van der Waals surface area contributed by atoms with E-state index in [9.17, 15) is 4.79 Å². The molecule has 0 aromatic carbocycles. The van der Waals surface area contributed by atoms with Gasteiger partial charge in [0.05, 0.1) is 11.3 Å². The number of rotatable bonds is 1. The number of aromatic nitrogens is 1. The molecule has 12 heavy (non-hydrogen) atoms. The molecule has 1 aromatic heterocycles. The van der Waals surface area contributed by atoms with Gasteiger partial charge in [-0.05, 0) is 6.07 Å². The van der Waals surface area contributed by atoms with Crippen LogP contribution in [0.15, 0.2) is 18.5 Å². The highest BCUT2D eigenvalue weighted by Crippen LogP contribution is 2.15. The lowest BCUT2D eigenvalue weighted by Crippen LogP contribution is -2.14. The third-order valence-corrected chi connectivity index (χ3v) is 1.83. The molecule has 0 bridgehead atoms. The number of ether oxygens (including phenoxy) is 1. The summed E-state index contributed by atoms with van der Waals surface area (Å²) >= 11 is 0. The average Bonchev–Trinajstić information content (AvgIpc) is 2.47. The van der Waals surface area contributed by atoms with Crippen LogP contribution in [0.1, 0.15) is 16.1 Å². The molecule has 2 heterocycles. The summed E-state index contributed by atoms with van der Waals surface area (Å²) in [7, 11) is 0. The van der Waals surface area contributed by atoms with E-state index >= 15 is 0 Å². The second kappa shape index (κ2) is 2.41. The van der Waals surface area contributed by atoms with Gasteiger partial charge in [-0.2, -0.15) is 0 Å². The second-order valence-electron chi connectivity index (χ2n) is 2.54. The predicted octanol–water partition coefficient (Wildman–Crippen LogP) is 0.545. The Labute approximate surface area is 69.2 Å². The molecule has 1 amide bonds. The van der Waals surface area contributed by atoms with Crippen LogP contribution in [0.2, 0.25) is 0 Å². The summed E-state index contributed by atoms with van der Waals surface area (Å²) in [5, 5.41) is 0. The molecule has 1 aromatic rings. The van der Waals surface area contributed by atoms with E-state index in [1.54, 1.807) is 24.7 Å². The molecule has 0 fully saturated rings. The summed E-state index contributed by atoms with van der Waals surface area (Å²) in [6.07, 6.45) is 5.11. The number of fused-ring (bicyclic) bond motifs is 1. The molecule has 1 aliphatic rings. The number of nitrogens with zero attached hydrogens (tertiary/aromatic N) is 1. The van der Waals surface area contributed by atoms with Gasteiger partial charge in [-0.1, -0.05) is 0 Å². The van der Waals surface area contributed by atoms with E-state index in [0.29, 0.717) is 12.2 Å². The summed E-state index contributed by atoms with van der Waals surface area (Å²) in [4.78, 5) is 10.9. The maximum absolute atomic E-state index is 10.9. The first-order chi connectivity index (χ1) is 5.79. The van der Waals surface area contributed by atoms with Crippen molar-refractivity contribution in [3.63, 3.8) is 0 Å². The highest BCUT2D eigenvalue weighted by molar-refractivity contribution is 5.94. The maximum Gasteiger partial charge on any atom is 0.250 e. The van der Waals surface area contributed by atoms with Gasteiger partial charge in [0.1, 0.15) is 12.9 Å². The Bertz CT molecular complexity index is 352. The normalized spacial score (nSPS) is 13.7. The van der Waals surface area contributed by atoms with Crippen LogP contribution in [0.25, 0.3) is 6.20 Å². The molecule has 0 atom stereocenters. The van der Waals surface area contributed by atoms with Crippen LogP contribution in [0.3, 0.4) is 0 Å². The quantitative estimate of drug-likeness (QED) is 0.658. The summed E-state index contributed by atoms with van der Waals surface area (Å²) in [6, 6.07) is 1.69. The highest BCUT2D eigenvalue weighted by Gasteiger charge is 2.14. The van der Waals surface area contributed by atoms with Crippen molar-refractivity contribution in [1.29, 1.82) is 0 Å². The Morgan fingerprint density at radius 1 is 1.67 bits per heavy atom. The van der Waals surface area contributed by atoms with Crippen molar-refractivity contribution in [3.8, 4) is 0 Å². The van der Waals surface area contributed by atoms with Gasteiger partial charge in [0.15, 0.2) is 0 Å². The van der Waals surface area contributed by atoms with E-state index in [2.05, 4.69) is 0 Å². The molecule has 4 nitrogen and oxygen atoms in total. The zero-order valence-electron chi connectivity index (χ0n) is 6.36. The van der Waals surface area contributed by atoms with Gasteiger partial charge < -0.3 is 15.0 Å². The molecule has 0 saturated carbocycles. The third kappa shape index (κ3) is 0.887. The number of carbonyl (C=O) groups is 1.